The lowest BCUT2D eigenvalue weighted by atomic mass is 9.97. The van der Waals surface area contributed by atoms with Crippen molar-refractivity contribution in [3.63, 3.8) is 0 Å². The van der Waals surface area contributed by atoms with Crippen molar-refractivity contribution in [2.75, 3.05) is 6.54 Å². The van der Waals surface area contributed by atoms with Crippen molar-refractivity contribution in [3.05, 3.63) is 34.2 Å². The van der Waals surface area contributed by atoms with Crippen LogP contribution in [0.4, 0.5) is 0 Å². The molecule has 0 fully saturated rings. The Balaban J connectivity index is 1.42. The van der Waals surface area contributed by atoms with Crippen LogP contribution in [-0.4, -0.2) is 31.6 Å². The minimum absolute atomic E-state index is 0.0109. The normalized spacial score (nSPS) is 17.3. The SMILES string of the molecule is O=C(Cn1cnc2c(nc3n2CCCCC3)c1=O)NCCC1=CCCCC1. The maximum atomic E-state index is 12.7. The van der Waals surface area contributed by atoms with Crippen LogP contribution in [0, 0.1) is 0 Å². The van der Waals surface area contributed by atoms with E-state index in [2.05, 4.69) is 25.9 Å². The monoisotopic (exact) mass is 369 g/mol. The molecule has 0 bridgehead atoms. The molecular weight excluding hydrogens is 342 g/mol. The van der Waals surface area contributed by atoms with Gasteiger partial charge in [-0.2, -0.15) is 0 Å². The van der Waals surface area contributed by atoms with E-state index in [9.17, 15) is 9.59 Å². The van der Waals surface area contributed by atoms with Gasteiger partial charge < -0.3 is 9.88 Å². The molecule has 0 saturated heterocycles. The molecule has 0 aromatic carbocycles. The number of carbonyl (C=O) groups excluding carboxylic acids is 1. The van der Waals surface area contributed by atoms with E-state index in [-0.39, 0.29) is 18.0 Å². The molecule has 1 N–H and O–H groups in total. The summed E-state index contributed by atoms with van der Waals surface area (Å²) in [7, 11) is 0. The number of fused-ring (bicyclic) bond motifs is 3. The zero-order valence-corrected chi connectivity index (χ0v) is 15.7. The average Bonchev–Trinajstić information content (AvgIpc) is 2.87. The highest BCUT2D eigenvalue weighted by atomic mass is 16.2. The summed E-state index contributed by atoms with van der Waals surface area (Å²) in [5.41, 5.74) is 2.24. The number of rotatable bonds is 5. The zero-order valence-electron chi connectivity index (χ0n) is 15.7. The van der Waals surface area contributed by atoms with Gasteiger partial charge in [-0.1, -0.05) is 18.1 Å². The molecule has 144 valence electrons. The van der Waals surface area contributed by atoms with Crippen LogP contribution < -0.4 is 10.9 Å². The van der Waals surface area contributed by atoms with E-state index in [4.69, 9.17) is 0 Å². The van der Waals surface area contributed by atoms with Gasteiger partial charge in [0.15, 0.2) is 11.2 Å². The highest BCUT2D eigenvalue weighted by molar-refractivity contribution is 5.76. The van der Waals surface area contributed by atoms with Gasteiger partial charge in [0, 0.05) is 19.5 Å². The molecule has 7 nitrogen and oxygen atoms in total. The van der Waals surface area contributed by atoms with Crippen molar-refractivity contribution >= 4 is 17.1 Å². The Labute approximate surface area is 158 Å². The van der Waals surface area contributed by atoms with E-state index >= 15 is 0 Å². The van der Waals surface area contributed by atoms with Crippen molar-refractivity contribution in [2.45, 2.75) is 70.9 Å². The quantitative estimate of drug-likeness (QED) is 0.820. The first-order chi connectivity index (χ1) is 13.2. The number of aromatic nitrogens is 4. The van der Waals surface area contributed by atoms with Gasteiger partial charge in [-0.3, -0.25) is 14.2 Å². The molecule has 7 heteroatoms. The van der Waals surface area contributed by atoms with Crippen LogP contribution in [0.3, 0.4) is 0 Å². The lowest BCUT2D eigenvalue weighted by Gasteiger charge is -2.13. The Morgan fingerprint density at radius 1 is 1.15 bits per heavy atom. The third-order valence-corrected chi connectivity index (χ3v) is 5.55. The molecule has 3 heterocycles. The summed E-state index contributed by atoms with van der Waals surface area (Å²) in [6.07, 6.45) is 13.7. The summed E-state index contributed by atoms with van der Waals surface area (Å²) in [6, 6.07) is 0. The molecule has 0 atom stereocenters. The lowest BCUT2D eigenvalue weighted by Crippen LogP contribution is -2.33. The van der Waals surface area contributed by atoms with Crippen LogP contribution in [0.5, 0.6) is 0 Å². The molecule has 0 saturated carbocycles. The molecule has 2 aliphatic rings. The van der Waals surface area contributed by atoms with Crippen LogP contribution in [0.1, 0.15) is 57.2 Å². The van der Waals surface area contributed by atoms with E-state index in [0.29, 0.717) is 17.7 Å². The fraction of sp³-hybridized carbons (Fsp3) is 0.600. The second kappa shape index (κ2) is 8.06. The fourth-order valence-corrected chi connectivity index (χ4v) is 4.05. The number of carbonyl (C=O) groups is 1. The van der Waals surface area contributed by atoms with Gasteiger partial charge in [-0.15, -0.1) is 0 Å². The van der Waals surface area contributed by atoms with E-state index in [1.54, 1.807) is 0 Å². The van der Waals surface area contributed by atoms with E-state index in [0.717, 1.165) is 50.9 Å². The predicted octanol–water partition coefficient (Wildman–Crippen LogP) is 2.33. The first kappa shape index (κ1) is 17.9. The smallest absolute Gasteiger partial charge is 0.282 e. The molecule has 0 unspecified atom stereocenters. The summed E-state index contributed by atoms with van der Waals surface area (Å²) in [5.74, 6) is 0.783. The van der Waals surface area contributed by atoms with Crippen LogP contribution in [-0.2, 0) is 24.3 Å². The van der Waals surface area contributed by atoms with Gasteiger partial charge in [0.1, 0.15) is 18.7 Å². The summed E-state index contributed by atoms with van der Waals surface area (Å²) >= 11 is 0. The van der Waals surface area contributed by atoms with Crippen LogP contribution >= 0.6 is 0 Å². The first-order valence-electron chi connectivity index (χ1n) is 10.1. The number of hydrogen-bond acceptors (Lipinski definition) is 4. The van der Waals surface area contributed by atoms with Gasteiger partial charge >= 0.3 is 0 Å². The van der Waals surface area contributed by atoms with Crippen molar-refractivity contribution in [1.29, 1.82) is 0 Å². The highest BCUT2D eigenvalue weighted by Crippen LogP contribution is 2.19. The predicted molar refractivity (Wildman–Crippen MR) is 104 cm³/mol. The molecule has 2 aromatic rings. The second-order valence-electron chi connectivity index (χ2n) is 7.55. The Bertz CT molecular complexity index is 924. The van der Waals surface area contributed by atoms with E-state index in [1.807, 2.05) is 0 Å². The first-order valence-corrected chi connectivity index (χ1v) is 10.1. The number of amides is 1. The van der Waals surface area contributed by atoms with Crippen LogP contribution in [0.2, 0.25) is 0 Å². The van der Waals surface area contributed by atoms with Crippen molar-refractivity contribution in [2.24, 2.45) is 0 Å². The number of hydrogen-bond donors (Lipinski definition) is 1. The minimum Gasteiger partial charge on any atom is -0.354 e. The topological polar surface area (TPSA) is 81.8 Å². The number of nitrogens with one attached hydrogen (secondary N) is 1. The van der Waals surface area contributed by atoms with Gasteiger partial charge in [-0.25, -0.2) is 9.97 Å². The summed E-state index contributed by atoms with van der Waals surface area (Å²) in [4.78, 5) is 34.0. The van der Waals surface area contributed by atoms with Gasteiger partial charge in [0.25, 0.3) is 5.56 Å². The Kier molecular flexibility index (Phi) is 5.36. The molecular formula is C20H27N5O2. The largest absolute Gasteiger partial charge is 0.354 e. The van der Waals surface area contributed by atoms with Crippen LogP contribution in [0.15, 0.2) is 22.8 Å². The van der Waals surface area contributed by atoms with Crippen molar-refractivity contribution < 1.29 is 4.79 Å². The maximum Gasteiger partial charge on any atom is 0.282 e. The minimum atomic E-state index is -0.231. The molecule has 0 spiro atoms. The van der Waals surface area contributed by atoms with Crippen molar-refractivity contribution in [1.82, 2.24) is 24.4 Å². The third kappa shape index (κ3) is 3.96. The fourth-order valence-electron chi connectivity index (χ4n) is 4.05. The third-order valence-electron chi connectivity index (χ3n) is 5.55. The van der Waals surface area contributed by atoms with E-state index < -0.39 is 0 Å². The molecule has 1 aliphatic carbocycles. The summed E-state index contributed by atoms with van der Waals surface area (Å²) in [6.45, 7) is 1.47. The van der Waals surface area contributed by atoms with E-state index in [1.165, 1.54) is 35.7 Å². The Morgan fingerprint density at radius 3 is 2.89 bits per heavy atom. The number of allylic oxidation sites excluding steroid dienone is 1. The standard InChI is InChI=1S/C20H27N5O2/c26-17(21-11-10-15-7-3-1-4-8-15)13-24-14-22-19-18(20(24)27)23-16-9-5-2-6-12-25(16)19/h7,14H,1-6,8-13H2,(H,21,26). The highest BCUT2D eigenvalue weighted by Gasteiger charge is 2.18. The number of nitrogens with zero attached hydrogens (tertiary/aromatic N) is 4. The summed E-state index contributed by atoms with van der Waals surface area (Å²) in [5, 5.41) is 2.92. The number of imidazole rings is 1. The molecule has 27 heavy (non-hydrogen) atoms. The Hall–Kier alpha value is -2.44. The van der Waals surface area contributed by atoms with Gasteiger partial charge in [0.2, 0.25) is 5.91 Å². The molecule has 4 rings (SSSR count). The number of aryl methyl sites for hydroxylation is 2. The second-order valence-corrected chi connectivity index (χ2v) is 7.55. The lowest BCUT2D eigenvalue weighted by molar-refractivity contribution is -0.121. The zero-order chi connectivity index (χ0) is 18.6. The Morgan fingerprint density at radius 2 is 2.04 bits per heavy atom. The van der Waals surface area contributed by atoms with Gasteiger partial charge in [0.05, 0.1) is 0 Å². The average molecular weight is 369 g/mol. The molecule has 0 radical (unpaired) electrons. The molecule has 1 aliphatic heterocycles. The maximum absolute atomic E-state index is 12.7. The molecule has 1 amide bonds. The molecule has 2 aromatic heterocycles. The van der Waals surface area contributed by atoms with Gasteiger partial charge in [-0.05, 0) is 44.9 Å². The summed E-state index contributed by atoms with van der Waals surface area (Å²) < 4.78 is 3.43. The van der Waals surface area contributed by atoms with Crippen LogP contribution in [0.25, 0.3) is 11.2 Å². The van der Waals surface area contributed by atoms with Crippen molar-refractivity contribution in [3.8, 4) is 0 Å².